The number of rotatable bonds is 8. The topological polar surface area (TPSA) is 46.2 Å². The predicted molar refractivity (Wildman–Crippen MR) is 85.6 cm³/mol. The molecule has 2 atom stereocenters. The van der Waals surface area contributed by atoms with E-state index in [1.54, 1.807) is 0 Å². The summed E-state index contributed by atoms with van der Waals surface area (Å²) >= 11 is 0. The Kier molecular flexibility index (Phi) is 6.69. The van der Waals surface area contributed by atoms with E-state index in [4.69, 9.17) is 0 Å². The quantitative estimate of drug-likeness (QED) is 0.801. The Morgan fingerprint density at radius 3 is 2.10 bits per heavy atom. The van der Waals surface area contributed by atoms with E-state index >= 15 is 0 Å². The lowest BCUT2D eigenvalue weighted by molar-refractivity contribution is 0.322. The van der Waals surface area contributed by atoms with Crippen molar-refractivity contribution in [2.24, 2.45) is 5.92 Å². The Hall–Kier alpha value is -0.870. The van der Waals surface area contributed by atoms with Gasteiger partial charge in [-0.05, 0) is 18.4 Å². The monoisotopic (exact) mass is 297 g/mol. The molecule has 0 aliphatic heterocycles. The first-order valence-electron chi connectivity index (χ1n) is 7.36. The van der Waals surface area contributed by atoms with Crippen LogP contribution in [-0.4, -0.2) is 26.5 Å². The smallest absolute Gasteiger partial charge is 0.148 e. The van der Waals surface area contributed by atoms with Gasteiger partial charge < -0.3 is 5.32 Å². The molecule has 0 amide bonds. The first-order valence-corrected chi connectivity index (χ1v) is 9.42. The first kappa shape index (κ1) is 17.2. The minimum Gasteiger partial charge on any atom is -0.306 e. The van der Waals surface area contributed by atoms with Crippen molar-refractivity contribution in [1.82, 2.24) is 5.32 Å². The zero-order valence-electron chi connectivity index (χ0n) is 13.0. The summed E-state index contributed by atoms with van der Waals surface area (Å²) in [6.07, 6.45) is 3.45. The maximum atomic E-state index is 11.4. The normalized spacial score (nSPS) is 15.2. The molecule has 0 aliphatic carbocycles. The van der Waals surface area contributed by atoms with Crippen LogP contribution in [0.15, 0.2) is 30.3 Å². The van der Waals surface area contributed by atoms with Crippen molar-refractivity contribution < 1.29 is 8.42 Å². The lowest BCUT2D eigenvalue weighted by Gasteiger charge is -2.30. The summed E-state index contributed by atoms with van der Waals surface area (Å²) in [5.41, 5.74) is 1.24. The molecule has 1 N–H and O–H groups in total. The van der Waals surface area contributed by atoms with Crippen LogP contribution in [0.25, 0.3) is 0 Å². The minimum absolute atomic E-state index is 0.0455. The number of sulfone groups is 1. The van der Waals surface area contributed by atoms with E-state index in [-0.39, 0.29) is 17.8 Å². The molecule has 0 spiro atoms. The van der Waals surface area contributed by atoms with Crippen molar-refractivity contribution in [2.75, 3.05) is 12.0 Å². The van der Waals surface area contributed by atoms with Gasteiger partial charge in [0.05, 0.1) is 5.75 Å². The van der Waals surface area contributed by atoms with E-state index < -0.39 is 9.84 Å². The fraction of sp³-hybridized carbons (Fsp3) is 0.625. The Balaban J connectivity index is 2.89. The van der Waals surface area contributed by atoms with E-state index in [1.807, 2.05) is 25.1 Å². The number of hydrogen-bond donors (Lipinski definition) is 1. The second-order valence-electron chi connectivity index (χ2n) is 5.63. The van der Waals surface area contributed by atoms with Crippen LogP contribution in [0.2, 0.25) is 0 Å². The summed E-state index contributed by atoms with van der Waals surface area (Å²) in [7, 11) is -2.95. The number of hydrogen-bond acceptors (Lipinski definition) is 3. The van der Waals surface area contributed by atoms with Crippen LogP contribution >= 0.6 is 0 Å². The van der Waals surface area contributed by atoms with Crippen LogP contribution in [0.5, 0.6) is 0 Å². The van der Waals surface area contributed by atoms with Crippen LogP contribution in [0.4, 0.5) is 0 Å². The fourth-order valence-corrected chi connectivity index (χ4v) is 3.74. The summed E-state index contributed by atoms with van der Waals surface area (Å²) in [5, 5.41) is 3.51. The second-order valence-corrected chi connectivity index (χ2v) is 7.81. The Labute approximate surface area is 123 Å². The molecule has 4 heteroatoms. The molecule has 0 radical (unpaired) electrons. The summed E-state index contributed by atoms with van der Waals surface area (Å²) in [6.45, 7) is 6.32. The average molecular weight is 297 g/mol. The van der Waals surface area contributed by atoms with Crippen molar-refractivity contribution in [3.63, 3.8) is 0 Å². The molecule has 0 bridgehead atoms. The van der Waals surface area contributed by atoms with E-state index in [0.29, 0.717) is 5.92 Å². The van der Waals surface area contributed by atoms with Gasteiger partial charge in [-0.3, -0.25) is 0 Å². The average Bonchev–Trinajstić information content (AvgIpc) is 2.38. The molecule has 2 unspecified atom stereocenters. The molecule has 0 aliphatic rings. The van der Waals surface area contributed by atoms with E-state index in [0.717, 1.165) is 12.8 Å². The molecular weight excluding hydrogens is 270 g/mol. The van der Waals surface area contributed by atoms with Gasteiger partial charge in [-0.15, -0.1) is 0 Å². The van der Waals surface area contributed by atoms with Crippen molar-refractivity contribution in [1.29, 1.82) is 0 Å². The summed E-state index contributed by atoms with van der Waals surface area (Å²) < 4.78 is 22.9. The number of benzene rings is 1. The van der Waals surface area contributed by atoms with E-state index in [9.17, 15) is 8.42 Å². The SMILES string of the molecule is CCC(CC)C(NC(C)CS(C)(=O)=O)c1ccccc1. The molecule has 0 fully saturated rings. The zero-order valence-corrected chi connectivity index (χ0v) is 13.8. The van der Waals surface area contributed by atoms with Crippen LogP contribution < -0.4 is 5.32 Å². The van der Waals surface area contributed by atoms with Gasteiger partial charge in [0.2, 0.25) is 0 Å². The van der Waals surface area contributed by atoms with Gasteiger partial charge in [-0.1, -0.05) is 57.0 Å². The molecule has 1 rings (SSSR count). The standard InChI is InChI=1S/C16H27NO2S/c1-5-14(6-2)16(15-10-8-7-9-11-15)17-13(3)12-20(4,18)19/h7-11,13-14,16-17H,5-6,12H2,1-4H3. The third-order valence-corrected chi connectivity index (χ3v) is 4.80. The molecule has 0 saturated heterocycles. The predicted octanol–water partition coefficient (Wildman–Crippen LogP) is 3.19. The zero-order chi connectivity index (χ0) is 15.2. The highest BCUT2D eigenvalue weighted by atomic mass is 32.2. The van der Waals surface area contributed by atoms with Gasteiger partial charge in [0.1, 0.15) is 9.84 Å². The van der Waals surface area contributed by atoms with Crippen LogP contribution in [0, 0.1) is 5.92 Å². The van der Waals surface area contributed by atoms with Gasteiger partial charge >= 0.3 is 0 Å². The fourth-order valence-electron chi connectivity index (χ4n) is 2.73. The van der Waals surface area contributed by atoms with Crippen molar-refractivity contribution in [3.8, 4) is 0 Å². The maximum absolute atomic E-state index is 11.4. The van der Waals surface area contributed by atoms with Gasteiger partial charge in [-0.25, -0.2) is 8.42 Å². The van der Waals surface area contributed by atoms with Crippen molar-refractivity contribution in [2.45, 2.75) is 45.7 Å². The molecule has 1 aromatic rings. The molecule has 0 heterocycles. The Morgan fingerprint density at radius 2 is 1.65 bits per heavy atom. The molecular formula is C16H27NO2S. The lowest BCUT2D eigenvalue weighted by Crippen LogP contribution is -2.38. The maximum Gasteiger partial charge on any atom is 0.148 e. The summed E-state index contributed by atoms with van der Waals surface area (Å²) in [5.74, 6) is 0.690. The van der Waals surface area contributed by atoms with Crippen molar-refractivity contribution >= 4 is 9.84 Å². The summed E-state index contributed by atoms with van der Waals surface area (Å²) in [4.78, 5) is 0. The molecule has 114 valence electrons. The lowest BCUT2D eigenvalue weighted by atomic mass is 9.88. The van der Waals surface area contributed by atoms with Crippen LogP contribution in [-0.2, 0) is 9.84 Å². The van der Waals surface area contributed by atoms with Crippen LogP contribution in [0.3, 0.4) is 0 Å². The molecule has 0 saturated carbocycles. The highest BCUT2D eigenvalue weighted by molar-refractivity contribution is 7.90. The Bertz CT molecular complexity index is 480. The van der Waals surface area contributed by atoms with Crippen LogP contribution in [0.1, 0.15) is 45.2 Å². The first-order chi connectivity index (χ1) is 9.37. The Morgan fingerprint density at radius 1 is 1.10 bits per heavy atom. The van der Waals surface area contributed by atoms with Crippen molar-refractivity contribution in [3.05, 3.63) is 35.9 Å². The highest BCUT2D eigenvalue weighted by Crippen LogP contribution is 2.27. The third kappa shape index (κ3) is 5.63. The molecule has 3 nitrogen and oxygen atoms in total. The van der Waals surface area contributed by atoms with E-state index in [2.05, 4.69) is 31.3 Å². The second kappa shape index (κ2) is 7.79. The van der Waals surface area contributed by atoms with Gasteiger partial charge in [-0.2, -0.15) is 0 Å². The van der Waals surface area contributed by atoms with E-state index in [1.165, 1.54) is 11.8 Å². The van der Waals surface area contributed by atoms with Gasteiger partial charge in [0.15, 0.2) is 0 Å². The van der Waals surface area contributed by atoms with Gasteiger partial charge in [0, 0.05) is 18.3 Å². The van der Waals surface area contributed by atoms with Gasteiger partial charge in [0.25, 0.3) is 0 Å². The largest absolute Gasteiger partial charge is 0.306 e. The number of nitrogens with one attached hydrogen (secondary N) is 1. The molecule has 1 aromatic carbocycles. The third-order valence-electron chi connectivity index (χ3n) is 3.70. The minimum atomic E-state index is -2.95. The molecule has 0 aromatic heterocycles. The summed E-state index contributed by atoms with van der Waals surface area (Å²) in [6, 6.07) is 10.5. The highest BCUT2D eigenvalue weighted by Gasteiger charge is 2.23. The molecule has 20 heavy (non-hydrogen) atoms.